The molecular weight excluding hydrogens is 324 g/mol. The van der Waals surface area contributed by atoms with Gasteiger partial charge in [0.25, 0.3) is 5.91 Å². The van der Waals surface area contributed by atoms with Crippen molar-refractivity contribution in [1.29, 1.82) is 0 Å². The molecule has 0 aliphatic heterocycles. The van der Waals surface area contributed by atoms with E-state index >= 15 is 0 Å². The molecule has 0 unspecified atom stereocenters. The van der Waals surface area contributed by atoms with Gasteiger partial charge in [0.2, 0.25) is 0 Å². The summed E-state index contributed by atoms with van der Waals surface area (Å²) in [5.74, 6) is -0.798. The zero-order chi connectivity index (χ0) is 13.1. The highest BCUT2D eigenvalue weighted by Gasteiger charge is 2.10. The number of amides is 1. The summed E-state index contributed by atoms with van der Waals surface area (Å²) in [5, 5.41) is 2.63. The summed E-state index contributed by atoms with van der Waals surface area (Å²) in [6.07, 6.45) is 2.69. The molecule has 7 heteroatoms. The maximum absolute atomic E-state index is 13.3. The minimum Gasteiger partial charge on any atom is -0.305 e. The molecule has 0 saturated carbocycles. The van der Waals surface area contributed by atoms with Crippen LogP contribution >= 0.6 is 27.5 Å². The largest absolute Gasteiger partial charge is 0.305 e. The van der Waals surface area contributed by atoms with Gasteiger partial charge < -0.3 is 5.32 Å². The lowest BCUT2D eigenvalue weighted by atomic mass is 10.2. The normalized spacial score (nSPS) is 10.2. The van der Waals surface area contributed by atoms with Crippen LogP contribution in [0.4, 0.5) is 10.2 Å². The Morgan fingerprint density at radius 3 is 2.83 bits per heavy atom. The number of halogens is 3. The van der Waals surface area contributed by atoms with Crippen molar-refractivity contribution in [3.63, 3.8) is 0 Å². The fraction of sp³-hybridized carbons (Fsp3) is 0. The van der Waals surface area contributed by atoms with Gasteiger partial charge in [0.05, 0.1) is 16.9 Å². The fourth-order valence-electron chi connectivity index (χ4n) is 1.23. The summed E-state index contributed by atoms with van der Waals surface area (Å²) in [6, 6.07) is 4.06. The number of nitrogens with zero attached hydrogens (tertiary/aromatic N) is 2. The predicted molar refractivity (Wildman–Crippen MR) is 69.1 cm³/mol. The van der Waals surface area contributed by atoms with E-state index in [1.54, 1.807) is 0 Å². The highest BCUT2D eigenvalue weighted by Crippen LogP contribution is 2.17. The van der Waals surface area contributed by atoms with E-state index in [0.717, 1.165) is 6.07 Å². The first-order chi connectivity index (χ1) is 8.56. The second kappa shape index (κ2) is 5.41. The molecule has 1 amide bonds. The lowest BCUT2D eigenvalue weighted by Gasteiger charge is -2.04. The molecule has 1 N–H and O–H groups in total. The molecule has 4 nitrogen and oxygen atoms in total. The number of aromatic nitrogens is 2. The molecule has 0 fully saturated rings. The van der Waals surface area contributed by atoms with Crippen LogP contribution < -0.4 is 5.32 Å². The molecule has 0 radical (unpaired) electrons. The smallest absolute Gasteiger partial charge is 0.256 e. The molecule has 1 aromatic carbocycles. The van der Waals surface area contributed by atoms with E-state index in [4.69, 9.17) is 11.6 Å². The van der Waals surface area contributed by atoms with Crippen LogP contribution in [0, 0.1) is 5.82 Å². The zero-order valence-electron chi connectivity index (χ0n) is 8.82. The summed E-state index contributed by atoms with van der Waals surface area (Å²) in [7, 11) is 0. The molecule has 1 heterocycles. The van der Waals surface area contributed by atoms with Crippen molar-refractivity contribution < 1.29 is 9.18 Å². The van der Waals surface area contributed by atoms with Crippen LogP contribution in [-0.2, 0) is 0 Å². The second-order valence-electron chi connectivity index (χ2n) is 3.31. The molecule has 0 atom stereocenters. The van der Waals surface area contributed by atoms with Crippen LogP contribution in [0.15, 0.2) is 35.1 Å². The molecule has 2 aromatic rings. The Bertz CT molecular complexity index is 609. The van der Waals surface area contributed by atoms with Gasteiger partial charge in [-0.3, -0.25) is 9.78 Å². The monoisotopic (exact) mass is 329 g/mol. The van der Waals surface area contributed by atoms with E-state index in [0.29, 0.717) is 4.47 Å². The van der Waals surface area contributed by atoms with Crippen molar-refractivity contribution in [2.75, 3.05) is 5.32 Å². The van der Waals surface area contributed by atoms with Gasteiger partial charge in [-0.15, -0.1) is 0 Å². The van der Waals surface area contributed by atoms with Gasteiger partial charge in [-0.2, -0.15) is 0 Å². The lowest BCUT2D eigenvalue weighted by molar-refractivity contribution is 0.102. The Hall–Kier alpha value is -1.53. The number of carbonyl (C=O) groups is 1. The van der Waals surface area contributed by atoms with Crippen LogP contribution in [-0.4, -0.2) is 15.9 Å². The lowest BCUT2D eigenvalue weighted by Crippen LogP contribution is -2.13. The molecule has 18 heavy (non-hydrogen) atoms. The molecule has 1 aromatic heterocycles. The highest BCUT2D eigenvalue weighted by molar-refractivity contribution is 9.10. The van der Waals surface area contributed by atoms with E-state index in [9.17, 15) is 9.18 Å². The van der Waals surface area contributed by atoms with Crippen LogP contribution in [0.5, 0.6) is 0 Å². The molecule has 0 aliphatic rings. The van der Waals surface area contributed by atoms with Crippen LogP contribution in [0.25, 0.3) is 0 Å². The third kappa shape index (κ3) is 3.02. The fourth-order valence-corrected chi connectivity index (χ4v) is 1.62. The van der Waals surface area contributed by atoms with E-state index in [-0.39, 0.29) is 16.5 Å². The summed E-state index contributed by atoms with van der Waals surface area (Å²) in [6.45, 7) is 0. The summed E-state index contributed by atoms with van der Waals surface area (Å²) >= 11 is 8.64. The minimum atomic E-state index is -0.514. The molecule has 0 bridgehead atoms. The molecule has 0 aliphatic carbocycles. The van der Waals surface area contributed by atoms with Crippen molar-refractivity contribution in [3.8, 4) is 0 Å². The maximum atomic E-state index is 13.3. The third-order valence-corrected chi connectivity index (χ3v) is 2.85. The van der Waals surface area contributed by atoms with Gasteiger partial charge in [-0.05, 0) is 34.1 Å². The van der Waals surface area contributed by atoms with Crippen molar-refractivity contribution in [3.05, 3.63) is 51.6 Å². The number of hydrogen-bond acceptors (Lipinski definition) is 3. The van der Waals surface area contributed by atoms with Crippen LogP contribution in [0.1, 0.15) is 10.4 Å². The number of carbonyl (C=O) groups excluding carboxylic acids is 1. The summed E-state index contributed by atoms with van der Waals surface area (Å²) in [4.78, 5) is 19.4. The van der Waals surface area contributed by atoms with Gasteiger partial charge >= 0.3 is 0 Å². The van der Waals surface area contributed by atoms with E-state index in [1.807, 2.05) is 0 Å². The number of benzene rings is 1. The Labute approximate surface area is 115 Å². The number of nitrogens with one attached hydrogen (secondary N) is 1. The first-order valence-corrected chi connectivity index (χ1v) is 5.97. The average molecular weight is 331 g/mol. The van der Waals surface area contributed by atoms with Crippen molar-refractivity contribution in [1.82, 2.24) is 9.97 Å². The first-order valence-electron chi connectivity index (χ1n) is 4.80. The van der Waals surface area contributed by atoms with Crippen molar-refractivity contribution in [2.45, 2.75) is 0 Å². The number of rotatable bonds is 2. The van der Waals surface area contributed by atoms with Gasteiger partial charge in [0, 0.05) is 5.56 Å². The first kappa shape index (κ1) is 12.9. The van der Waals surface area contributed by atoms with E-state index in [2.05, 4.69) is 31.2 Å². The SMILES string of the molecule is O=C(Nc1cncc(Cl)n1)c1ccc(Br)c(F)c1. The maximum Gasteiger partial charge on any atom is 0.256 e. The Balaban J connectivity index is 2.19. The summed E-state index contributed by atoms with van der Waals surface area (Å²) in [5.41, 5.74) is 0.178. The van der Waals surface area contributed by atoms with E-state index < -0.39 is 11.7 Å². The number of hydrogen-bond donors (Lipinski definition) is 1. The van der Waals surface area contributed by atoms with Gasteiger partial charge in [-0.1, -0.05) is 11.6 Å². The highest BCUT2D eigenvalue weighted by atomic mass is 79.9. The third-order valence-electron chi connectivity index (χ3n) is 2.03. The Morgan fingerprint density at radius 1 is 1.39 bits per heavy atom. The minimum absolute atomic E-state index is 0.162. The number of anilines is 1. The van der Waals surface area contributed by atoms with Crippen molar-refractivity contribution >= 4 is 39.3 Å². The van der Waals surface area contributed by atoms with Crippen molar-refractivity contribution in [2.24, 2.45) is 0 Å². The Morgan fingerprint density at radius 2 is 2.17 bits per heavy atom. The second-order valence-corrected chi connectivity index (χ2v) is 4.55. The molecular formula is C11H6BrClFN3O. The summed E-state index contributed by atoms with van der Waals surface area (Å²) < 4.78 is 13.6. The molecule has 0 saturated heterocycles. The molecule has 2 rings (SSSR count). The predicted octanol–water partition coefficient (Wildman–Crippen LogP) is 3.28. The van der Waals surface area contributed by atoms with E-state index in [1.165, 1.54) is 24.5 Å². The van der Waals surface area contributed by atoms with Gasteiger partial charge in [0.15, 0.2) is 5.82 Å². The standard InChI is InChI=1S/C11H6BrClFN3O/c12-7-2-1-6(3-8(7)14)11(18)17-10-5-15-4-9(13)16-10/h1-5H,(H,16,17,18). The quantitative estimate of drug-likeness (QED) is 0.919. The molecule has 0 spiro atoms. The van der Waals surface area contributed by atoms with Gasteiger partial charge in [-0.25, -0.2) is 9.37 Å². The topological polar surface area (TPSA) is 54.9 Å². The van der Waals surface area contributed by atoms with Gasteiger partial charge in [0.1, 0.15) is 11.0 Å². The van der Waals surface area contributed by atoms with Crippen LogP contribution in [0.3, 0.4) is 0 Å². The average Bonchev–Trinajstić information content (AvgIpc) is 2.32. The Kier molecular flexibility index (Phi) is 3.88. The van der Waals surface area contributed by atoms with Crippen LogP contribution in [0.2, 0.25) is 5.15 Å². The molecule has 92 valence electrons. The zero-order valence-corrected chi connectivity index (χ0v) is 11.2.